The summed E-state index contributed by atoms with van der Waals surface area (Å²) in [6.07, 6.45) is 0.178. The van der Waals surface area contributed by atoms with Crippen LogP contribution in [-0.4, -0.2) is 60.6 Å². The minimum Gasteiger partial charge on any atom is -0.497 e. The fourth-order valence-electron chi connectivity index (χ4n) is 3.82. The zero-order valence-corrected chi connectivity index (χ0v) is 18.6. The number of Topliss-reactive ketones (excluding diaryl/α,β-unsaturated/α-hetero) is 1. The van der Waals surface area contributed by atoms with E-state index in [-0.39, 0.29) is 17.9 Å². The van der Waals surface area contributed by atoms with Crippen LogP contribution >= 0.6 is 0 Å². The number of hydrogen-bond donors (Lipinski definition) is 0. The van der Waals surface area contributed by atoms with Gasteiger partial charge in [-0.3, -0.25) is 9.69 Å². The zero-order chi connectivity index (χ0) is 21.9. The van der Waals surface area contributed by atoms with Gasteiger partial charge in [-0.05, 0) is 55.3 Å². The van der Waals surface area contributed by atoms with Crippen molar-refractivity contribution in [2.24, 2.45) is 0 Å². The molecule has 0 bridgehead atoms. The quantitative estimate of drug-likeness (QED) is 0.728. The predicted octanol–water partition coefficient (Wildman–Crippen LogP) is 4.42. The summed E-state index contributed by atoms with van der Waals surface area (Å²) in [6.45, 7) is 9.87. The van der Waals surface area contributed by atoms with E-state index >= 15 is 0 Å². The number of benzene rings is 2. The molecule has 6 nitrogen and oxygen atoms in total. The summed E-state index contributed by atoms with van der Waals surface area (Å²) < 4.78 is 10.8. The molecule has 0 N–H and O–H groups in total. The molecule has 2 aromatic carbocycles. The number of rotatable bonds is 5. The van der Waals surface area contributed by atoms with Crippen LogP contribution in [0.2, 0.25) is 0 Å². The van der Waals surface area contributed by atoms with Crippen LogP contribution in [0.3, 0.4) is 0 Å². The highest BCUT2D eigenvalue weighted by Gasteiger charge is 2.32. The molecule has 3 rings (SSSR count). The van der Waals surface area contributed by atoms with E-state index in [1.165, 1.54) is 0 Å². The molecule has 30 heavy (non-hydrogen) atoms. The fraction of sp³-hybridized carbons (Fsp3) is 0.500. The molecule has 1 saturated heterocycles. The lowest BCUT2D eigenvalue weighted by atomic mass is 9.96. The van der Waals surface area contributed by atoms with Crippen LogP contribution in [0.4, 0.5) is 4.79 Å². The van der Waals surface area contributed by atoms with Crippen molar-refractivity contribution in [3.63, 3.8) is 0 Å². The van der Waals surface area contributed by atoms with E-state index in [0.29, 0.717) is 32.6 Å². The molecule has 1 aliphatic heterocycles. The van der Waals surface area contributed by atoms with Crippen LogP contribution in [0.5, 0.6) is 5.75 Å². The Kier molecular flexibility index (Phi) is 6.66. The molecule has 6 heteroatoms. The first-order chi connectivity index (χ1) is 14.2. The first kappa shape index (κ1) is 22.1. The van der Waals surface area contributed by atoms with E-state index in [2.05, 4.69) is 11.0 Å². The monoisotopic (exact) mass is 412 g/mol. The van der Waals surface area contributed by atoms with Gasteiger partial charge in [-0.25, -0.2) is 4.79 Å². The molecule has 1 aliphatic rings. The number of carbonyl (C=O) groups is 2. The largest absolute Gasteiger partial charge is 0.497 e. The standard InChI is InChI=1S/C24H32N2O4/c1-6-21(27)22(19-8-7-18-16-20(29-5)10-9-17(18)15-19)25-11-13-26(14-12-25)23(28)30-24(2,3)4/h7-10,15-16,22H,6,11-14H2,1-5H3. The van der Waals surface area contributed by atoms with E-state index in [4.69, 9.17) is 9.47 Å². The van der Waals surface area contributed by atoms with E-state index in [9.17, 15) is 9.59 Å². The van der Waals surface area contributed by atoms with Gasteiger partial charge in [-0.15, -0.1) is 0 Å². The fourth-order valence-corrected chi connectivity index (χ4v) is 3.82. The van der Waals surface area contributed by atoms with Gasteiger partial charge in [0.25, 0.3) is 0 Å². The molecular weight excluding hydrogens is 380 g/mol. The third-order valence-electron chi connectivity index (χ3n) is 5.37. The van der Waals surface area contributed by atoms with Gasteiger partial charge in [0.2, 0.25) is 0 Å². The number of amides is 1. The van der Waals surface area contributed by atoms with E-state index in [0.717, 1.165) is 22.1 Å². The van der Waals surface area contributed by atoms with Crippen LogP contribution in [0.25, 0.3) is 10.8 Å². The second-order valence-electron chi connectivity index (χ2n) is 8.70. The number of fused-ring (bicyclic) bond motifs is 1. The average Bonchev–Trinajstić information content (AvgIpc) is 2.72. The third kappa shape index (κ3) is 5.11. The SMILES string of the molecule is CCC(=O)C(c1ccc2cc(OC)ccc2c1)N1CCN(C(=O)OC(C)(C)C)CC1. The average molecular weight is 413 g/mol. The number of ketones is 1. The van der Waals surface area contributed by atoms with E-state index in [1.54, 1.807) is 12.0 Å². The maximum Gasteiger partial charge on any atom is 0.410 e. The van der Waals surface area contributed by atoms with Gasteiger partial charge in [0.1, 0.15) is 11.4 Å². The van der Waals surface area contributed by atoms with Crippen molar-refractivity contribution in [2.75, 3.05) is 33.3 Å². The normalized spacial score (nSPS) is 16.4. The predicted molar refractivity (Wildman–Crippen MR) is 118 cm³/mol. The highest BCUT2D eigenvalue weighted by molar-refractivity contribution is 5.89. The number of piperazine rings is 1. The van der Waals surface area contributed by atoms with E-state index in [1.807, 2.05) is 58.0 Å². The smallest absolute Gasteiger partial charge is 0.410 e. The van der Waals surface area contributed by atoms with Crippen LogP contribution < -0.4 is 4.74 Å². The van der Waals surface area contributed by atoms with Crippen LogP contribution in [0.15, 0.2) is 36.4 Å². The summed E-state index contributed by atoms with van der Waals surface area (Å²) in [6, 6.07) is 11.8. The summed E-state index contributed by atoms with van der Waals surface area (Å²) in [5, 5.41) is 2.16. The van der Waals surface area contributed by atoms with Gasteiger partial charge >= 0.3 is 6.09 Å². The molecule has 0 aliphatic carbocycles. The van der Waals surface area contributed by atoms with Crippen LogP contribution in [0, 0.1) is 0 Å². The van der Waals surface area contributed by atoms with Gasteiger partial charge in [0.15, 0.2) is 5.78 Å². The minimum atomic E-state index is -0.511. The molecule has 1 unspecified atom stereocenters. The molecule has 0 saturated carbocycles. The molecule has 1 atom stereocenters. The molecule has 2 aromatic rings. The molecule has 0 aromatic heterocycles. The molecule has 1 fully saturated rings. The van der Waals surface area contributed by atoms with E-state index < -0.39 is 5.60 Å². The Hall–Kier alpha value is -2.60. The Morgan fingerprint density at radius 3 is 2.23 bits per heavy atom. The summed E-state index contributed by atoms with van der Waals surface area (Å²) in [5.41, 5.74) is 0.480. The third-order valence-corrected chi connectivity index (χ3v) is 5.37. The maximum absolute atomic E-state index is 12.9. The second-order valence-corrected chi connectivity index (χ2v) is 8.70. The lowest BCUT2D eigenvalue weighted by molar-refractivity contribution is -0.124. The first-order valence-corrected chi connectivity index (χ1v) is 10.5. The van der Waals surface area contributed by atoms with Gasteiger partial charge < -0.3 is 14.4 Å². The van der Waals surface area contributed by atoms with Crippen molar-refractivity contribution in [3.05, 3.63) is 42.0 Å². The lowest BCUT2D eigenvalue weighted by Gasteiger charge is -2.39. The number of ether oxygens (including phenoxy) is 2. The van der Waals surface area contributed by atoms with Crippen molar-refractivity contribution in [2.45, 2.75) is 45.8 Å². The minimum absolute atomic E-state index is 0.188. The Morgan fingerprint density at radius 2 is 1.63 bits per heavy atom. The van der Waals surface area contributed by atoms with Crippen molar-refractivity contribution in [1.29, 1.82) is 0 Å². The second kappa shape index (κ2) is 9.04. The zero-order valence-electron chi connectivity index (χ0n) is 18.6. The van der Waals surface area contributed by atoms with Crippen LogP contribution in [-0.2, 0) is 9.53 Å². The molecule has 0 spiro atoms. The molecule has 0 radical (unpaired) electrons. The maximum atomic E-state index is 12.9. The van der Waals surface area contributed by atoms with Crippen molar-refractivity contribution in [1.82, 2.24) is 9.80 Å². The van der Waals surface area contributed by atoms with Gasteiger partial charge in [0, 0.05) is 32.6 Å². The summed E-state index contributed by atoms with van der Waals surface area (Å²) >= 11 is 0. The molecule has 162 valence electrons. The topological polar surface area (TPSA) is 59.1 Å². The van der Waals surface area contributed by atoms with Crippen molar-refractivity contribution < 1.29 is 19.1 Å². The number of methoxy groups -OCH3 is 1. The van der Waals surface area contributed by atoms with Gasteiger partial charge in [-0.2, -0.15) is 0 Å². The summed E-state index contributed by atoms with van der Waals surface area (Å²) in [7, 11) is 1.66. The summed E-state index contributed by atoms with van der Waals surface area (Å²) in [4.78, 5) is 29.1. The summed E-state index contributed by atoms with van der Waals surface area (Å²) in [5.74, 6) is 1.00. The Labute approximate surface area is 178 Å². The number of hydrogen-bond acceptors (Lipinski definition) is 5. The van der Waals surface area contributed by atoms with Crippen LogP contribution in [0.1, 0.15) is 45.7 Å². The Balaban J connectivity index is 1.78. The van der Waals surface area contributed by atoms with Crippen molar-refractivity contribution in [3.8, 4) is 5.75 Å². The highest BCUT2D eigenvalue weighted by Crippen LogP contribution is 2.29. The lowest BCUT2D eigenvalue weighted by Crippen LogP contribution is -2.51. The Morgan fingerprint density at radius 1 is 1.00 bits per heavy atom. The molecular formula is C24H32N2O4. The molecule has 1 heterocycles. The molecule has 1 amide bonds. The Bertz CT molecular complexity index is 911. The number of nitrogens with zero attached hydrogens (tertiary/aromatic N) is 2. The highest BCUT2D eigenvalue weighted by atomic mass is 16.6. The first-order valence-electron chi connectivity index (χ1n) is 10.5. The van der Waals surface area contributed by atoms with Gasteiger partial charge in [-0.1, -0.05) is 25.1 Å². The number of carbonyl (C=O) groups excluding carboxylic acids is 2. The van der Waals surface area contributed by atoms with Gasteiger partial charge in [0.05, 0.1) is 13.2 Å². The van der Waals surface area contributed by atoms with Crippen molar-refractivity contribution >= 4 is 22.6 Å².